The predicted molar refractivity (Wildman–Crippen MR) is 77.8 cm³/mol. The number of urea groups is 1. The van der Waals surface area contributed by atoms with Gasteiger partial charge in [-0.15, -0.1) is 0 Å². The summed E-state index contributed by atoms with van der Waals surface area (Å²) < 4.78 is 0. The van der Waals surface area contributed by atoms with E-state index in [0.29, 0.717) is 25.4 Å². The molecule has 0 spiro atoms. The molecule has 1 fully saturated rings. The maximum absolute atomic E-state index is 12.3. The number of hydrogen-bond acceptors (Lipinski definition) is 3. The quantitative estimate of drug-likeness (QED) is 0.778. The van der Waals surface area contributed by atoms with Crippen molar-refractivity contribution in [2.24, 2.45) is 11.8 Å². The Bertz CT molecular complexity index is 411. The molecule has 1 aliphatic heterocycles. The van der Waals surface area contributed by atoms with Gasteiger partial charge in [0.15, 0.2) is 0 Å². The van der Waals surface area contributed by atoms with Gasteiger partial charge in [-0.3, -0.25) is 9.59 Å². The van der Waals surface area contributed by atoms with E-state index in [-0.39, 0.29) is 24.5 Å². The zero-order valence-electron chi connectivity index (χ0n) is 13.1. The number of nitrogens with one attached hydrogen (secondary N) is 1. The molecule has 2 atom stereocenters. The number of carboxylic acid groups (broad SMARTS) is 1. The van der Waals surface area contributed by atoms with E-state index in [1.165, 1.54) is 9.80 Å². The van der Waals surface area contributed by atoms with Gasteiger partial charge in [0.05, 0.1) is 5.92 Å². The molecule has 120 valence electrons. The highest BCUT2D eigenvalue weighted by atomic mass is 16.4. The summed E-state index contributed by atoms with van der Waals surface area (Å²) in [5.41, 5.74) is 0. The Kier molecular flexibility index (Phi) is 5.99. The Hall–Kier alpha value is -1.79. The molecule has 0 aromatic rings. The van der Waals surface area contributed by atoms with Gasteiger partial charge in [0, 0.05) is 26.2 Å². The summed E-state index contributed by atoms with van der Waals surface area (Å²) in [4.78, 5) is 37.9. The van der Waals surface area contributed by atoms with Crippen LogP contribution in [0.1, 0.15) is 27.2 Å². The van der Waals surface area contributed by atoms with Gasteiger partial charge >= 0.3 is 12.0 Å². The molecule has 1 aliphatic rings. The number of amides is 3. The second kappa shape index (κ2) is 7.28. The second-order valence-electron chi connectivity index (χ2n) is 6.00. The molecule has 0 aromatic heterocycles. The minimum atomic E-state index is -0.880. The molecule has 1 saturated heterocycles. The lowest BCUT2D eigenvalue weighted by Gasteiger charge is -2.28. The Morgan fingerprint density at radius 1 is 1.38 bits per heavy atom. The number of carboxylic acids is 1. The number of hydrogen-bond donors (Lipinski definition) is 2. The van der Waals surface area contributed by atoms with Crippen molar-refractivity contribution in [2.45, 2.75) is 33.2 Å². The van der Waals surface area contributed by atoms with Crippen molar-refractivity contribution in [3.05, 3.63) is 0 Å². The van der Waals surface area contributed by atoms with E-state index in [4.69, 9.17) is 5.11 Å². The topological polar surface area (TPSA) is 90.0 Å². The van der Waals surface area contributed by atoms with Crippen LogP contribution in [0.15, 0.2) is 0 Å². The summed E-state index contributed by atoms with van der Waals surface area (Å²) in [6, 6.07) is -0.651. The van der Waals surface area contributed by atoms with Gasteiger partial charge in [-0.05, 0) is 19.3 Å². The monoisotopic (exact) mass is 299 g/mol. The van der Waals surface area contributed by atoms with Crippen LogP contribution >= 0.6 is 0 Å². The molecule has 0 saturated carbocycles. The van der Waals surface area contributed by atoms with Crippen LogP contribution in [0, 0.1) is 11.8 Å². The van der Waals surface area contributed by atoms with Crippen molar-refractivity contribution in [1.82, 2.24) is 15.1 Å². The van der Waals surface area contributed by atoms with E-state index in [1.807, 2.05) is 13.8 Å². The molecule has 3 amide bonds. The third-order valence-electron chi connectivity index (χ3n) is 3.73. The van der Waals surface area contributed by atoms with E-state index in [2.05, 4.69) is 5.32 Å². The standard InChI is InChI=1S/C14H25N3O4/c1-9(2)7-15-12(18)8-16(4)14(21)17-6-5-11(10(17)3)13(19)20/h9-11H,5-8H2,1-4H3,(H,15,18)(H,19,20). The molecule has 7 nitrogen and oxygen atoms in total. The highest BCUT2D eigenvalue weighted by Gasteiger charge is 2.39. The zero-order valence-corrected chi connectivity index (χ0v) is 13.1. The number of likely N-dealkylation sites (tertiary alicyclic amines) is 1. The first-order chi connectivity index (χ1) is 9.73. The first kappa shape index (κ1) is 17.3. The molecular weight excluding hydrogens is 274 g/mol. The van der Waals surface area contributed by atoms with E-state index < -0.39 is 11.9 Å². The maximum atomic E-state index is 12.3. The van der Waals surface area contributed by atoms with Crippen LogP contribution in [0.4, 0.5) is 4.79 Å². The highest BCUT2D eigenvalue weighted by Crippen LogP contribution is 2.25. The first-order valence-electron chi connectivity index (χ1n) is 7.25. The fraction of sp³-hybridized carbons (Fsp3) is 0.786. The average molecular weight is 299 g/mol. The lowest BCUT2D eigenvalue weighted by molar-refractivity contribution is -0.142. The number of nitrogens with zero attached hydrogens (tertiary/aromatic N) is 2. The predicted octanol–water partition coefficient (Wildman–Crippen LogP) is 0.605. The Morgan fingerprint density at radius 3 is 2.48 bits per heavy atom. The van der Waals surface area contributed by atoms with Gasteiger partial charge < -0.3 is 20.2 Å². The summed E-state index contributed by atoms with van der Waals surface area (Å²) in [6.07, 6.45) is 0.454. The second-order valence-corrected chi connectivity index (χ2v) is 6.00. The largest absolute Gasteiger partial charge is 0.481 e. The van der Waals surface area contributed by atoms with Crippen molar-refractivity contribution in [2.75, 3.05) is 26.7 Å². The minimum absolute atomic E-state index is 0.0213. The van der Waals surface area contributed by atoms with E-state index in [1.54, 1.807) is 14.0 Å². The van der Waals surface area contributed by atoms with Gasteiger partial charge in [-0.1, -0.05) is 13.8 Å². The number of carbonyl (C=O) groups is 3. The fourth-order valence-electron chi connectivity index (χ4n) is 2.42. The first-order valence-corrected chi connectivity index (χ1v) is 7.25. The van der Waals surface area contributed by atoms with Crippen LogP contribution in [0.2, 0.25) is 0 Å². The van der Waals surface area contributed by atoms with Crippen LogP contribution in [0.3, 0.4) is 0 Å². The van der Waals surface area contributed by atoms with Crippen LogP contribution in [-0.2, 0) is 9.59 Å². The van der Waals surface area contributed by atoms with Crippen molar-refractivity contribution in [1.29, 1.82) is 0 Å². The summed E-state index contributed by atoms with van der Waals surface area (Å²) in [5.74, 6) is -1.27. The number of likely N-dealkylation sites (N-methyl/N-ethyl adjacent to an activating group) is 1. The minimum Gasteiger partial charge on any atom is -0.481 e. The highest BCUT2D eigenvalue weighted by molar-refractivity contribution is 5.84. The third-order valence-corrected chi connectivity index (χ3v) is 3.73. The van der Waals surface area contributed by atoms with Crippen LogP contribution in [0.5, 0.6) is 0 Å². The third kappa shape index (κ3) is 4.61. The summed E-state index contributed by atoms with van der Waals surface area (Å²) in [6.45, 7) is 6.68. The summed E-state index contributed by atoms with van der Waals surface area (Å²) in [5, 5.41) is 11.8. The Balaban J connectivity index is 2.51. The smallest absolute Gasteiger partial charge is 0.320 e. The van der Waals surface area contributed by atoms with E-state index in [0.717, 1.165) is 0 Å². The van der Waals surface area contributed by atoms with Crippen molar-refractivity contribution < 1.29 is 19.5 Å². The molecule has 2 unspecified atom stereocenters. The average Bonchev–Trinajstić information content (AvgIpc) is 2.77. The van der Waals surface area contributed by atoms with Gasteiger partial charge in [0.25, 0.3) is 0 Å². The molecule has 2 N–H and O–H groups in total. The fourth-order valence-corrected chi connectivity index (χ4v) is 2.42. The van der Waals surface area contributed by atoms with E-state index >= 15 is 0 Å². The molecule has 7 heteroatoms. The maximum Gasteiger partial charge on any atom is 0.320 e. The molecule has 0 bridgehead atoms. The number of carbonyl (C=O) groups excluding carboxylic acids is 2. The molecule has 0 radical (unpaired) electrons. The lowest BCUT2D eigenvalue weighted by atomic mass is 10.0. The summed E-state index contributed by atoms with van der Waals surface area (Å²) >= 11 is 0. The van der Waals surface area contributed by atoms with Crippen molar-refractivity contribution in [3.8, 4) is 0 Å². The van der Waals surface area contributed by atoms with E-state index in [9.17, 15) is 14.4 Å². The molecule has 1 rings (SSSR count). The molecule has 1 heterocycles. The molecule has 21 heavy (non-hydrogen) atoms. The molecule has 0 aromatic carbocycles. The van der Waals surface area contributed by atoms with Gasteiger partial charge in [0.2, 0.25) is 5.91 Å². The lowest BCUT2D eigenvalue weighted by Crippen LogP contribution is -2.48. The van der Waals surface area contributed by atoms with Crippen molar-refractivity contribution in [3.63, 3.8) is 0 Å². The Labute approximate surface area is 125 Å². The summed E-state index contributed by atoms with van der Waals surface area (Å²) in [7, 11) is 1.55. The van der Waals surface area contributed by atoms with Crippen LogP contribution in [-0.4, -0.2) is 65.5 Å². The SMILES string of the molecule is CC(C)CNC(=O)CN(C)C(=O)N1CCC(C(=O)O)C1C. The van der Waals surface area contributed by atoms with Gasteiger partial charge in [-0.2, -0.15) is 0 Å². The molecular formula is C14H25N3O4. The molecule has 0 aliphatic carbocycles. The normalized spacial score (nSPS) is 21.5. The Morgan fingerprint density at radius 2 is 2.00 bits per heavy atom. The number of rotatable bonds is 5. The van der Waals surface area contributed by atoms with Gasteiger partial charge in [0.1, 0.15) is 6.54 Å². The van der Waals surface area contributed by atoms with Gasteiger partial charge in [-0.25, -0.2) is 4.79 Å². The van der Waals surface area contributed by atoms with Crippen molar-refractivity contribution >= 4 is 17.9 Å². The zero-order chi connectivity index (χ0) is 16.2. The number of aliphatic carboxylic acids is 1. The van der Waals surface area contributed by atoms with Crippen LogP contribution in [0.25, 0.3) is 0 Å². The van der Waals surface area contributed by atoms with Crippen LogP contribution < -0.4 is 5.32 Å².